The van der Waals surface area contributed by atoms with Gasteiger partial charge in [-0.2, -0.15) is 0 Å². The molecule has 16 heavy (non-hydrogen) atoms. The number of nitrogens with zero attached hydrogens (tertiary/aromatic N) is 4. The molecule has 0 fully saturated rings. The van der Waals surface area contributed by atoms with Gasteiger partial charge in [-0.15, -0.1) is 21.5 Å². The zero-order chi connectivity index (χ0) is 11.1. The van der Waals surface area contributed by atoms with Gasteiger partial charge in [0.2, 0.25) is 0 Å². The van der Waals surface area contributed by atoms with Crippen molar-refractivity contribution in [1.82, 2.24) is 19.6 Å². The smallest absolute Gasteiger partial charge is 0.180 e. The highest BCUT2D eigenvalue weighted by molar-refractivity contribution is 7.13. The maximum atomic E-state index is 6.10. The number of rotatable bonds is 1. The summed E-state index contributed by atoms with van der Waals surface area (Å²) in [7, 11) is 0. The summed E-state index contributed by atoms with van der Waals surface area (Å²) < 4.78 is 1.80. The van der Waals surface area contributed by atoms with Gasteiger partial charge < -0.3 is 0 Å². The third-order valence-electron chi connectivity index (χ3n) is 2.34. The molecular weight excluding hydrogens is 244 g/mol. The zero-order valence-electron chi connectivity index (χ0n) is 8.38. The van der Waals surface area contributed by atoms with E-state index in [-0.39, 0.29) is 0 Å². The van der Waals surface area contributed by atoms with E-state index in [9.17, 15) is 0 Å². The van der Waals surface area contributed by atoms with Gasteiger partial charge in [0.15, 0.2) is 11.5 Å². The number of aryl methyl sites for hydroxylation is 1. The first-order chi connectivity index (χ1) is 7.77. The van der Waals surface area contributed by atoms with Crippen molar-refractivity contribution >= 4 is 28.6 Å². The molecule has 0 aliphatic heterocycles. The van der Waals surface area contributed by atoms with Gasteiger partial charge in [-0.25, -0.2) is 0 Å². The molecule has 4 nitrogen and oxygen atoms in total. The molecule has 0 bridgehead atoms. The van der Waals surface area contributed by atoms with Crippen LogP contribution in [-0.4, -0.2) is 19.6 Å². The van der Waals surface area contributed by atoms with E-state index in [2.05, 4.69) is 21.2 Å². The van der Waals surface area contributed by atoms with Gasteiger partial charge in [0.25, 0.3) is 0 Å². The fraction of sp³-hybridized carbons (Fsp3) is 0.100. The second kappa shape index (κ2) is 3.54. The molecule has 3 heterocycles. The number of hydrogen-bond donors (Lipinski definition) is 0. The lowest BCUT2D eigenvalue weighted by Crippen LogP contribution is -1.91. The van der Waals surface area contributed by atoms with E-state index in [1.165, 1.54) is 5.56 Å². The molecule has 6 heteroatoms. The summed E-state index contributed by atoms with van der Waals surface area (Å²) in [5.41, 5.74) is 1.84. The summed E-state index contributed by atoms with van der Waals surface area (Å²) in [5.74, 6) is 0.773. The molecule has 0 aromatic carbocycles. The van der Waals surface area contributed by atoms with E-state index >= 15 is 0 Å². The van der Waals surface area contributed by atoms with E-state index in [4.69, 9.17) is 11.6 Å². The lowest BCUT2D eigenvalue weighted by Gasteiger charge is -2.00. The first-order valence-corrected chi connectivity index (χ1v) is 5.92. The van der Waals surface area contributed by atoms with Gasteiger partial charge in [-0.1, -0.05) is 11.6 Å². The summed E-state index contributed by atoms with van der Waals surface area (Å²) in [6.45, 7) is 2.04. The van der Waals surface area contributed by atoms with Crippen LogP contribution >= 0.6 is 22.9 Å². The van der Waals surface area contributed by atoms with E-state index < -0.39 is 0 Å². The Labute approximate surface area is 101 Å². The van der Waals surface area contributed by atoms with E-state index in [1.807, 2.05) is 12.3 Å². The summed E-state index contributed by atoms with van der Waals surface area (Å²) in [6.07, 6.45) is 3.23. The molecule has 0 aliphatic rings. The Morgan fingerprint density at radius 3 is 2.94 bits per heavy atom. The summed E-state index contributed by atoms with van der Waals surface area (Å²) >= 11 is 7.73. The molecule has 0 amide bonds. The molecule has 0 saturated heterocycles. The van der Waals surface area contributed by atoms with Gasteiger partial charge >= 0.3 is 0 Å². The number of hydrogen-bond acceptors (Lipinski definition) is 4. The molecule has 0 N–H and O–H groups in total. The molecule has 0 saturated carbocycles. The number of halogens is 1. The fourth-order valence-electron chi connectivity index (χ4n) is 1.56. The van der Waals surface area contributed by atoms with Crippen molar-refractivity contribution in [3.8, 4) is 10.7 Å². The summed E-state index contributed by atoms with van der Waals surface area (Å²) in [6, 6.07) is 2.05. The van der Waals surface area contributed by atoms with Gasteiger partial charge in [0.05, 0.1) is 17.3 Å². The third kappa shape index (κ3) is 1.32. The van der Waals surface area contributed by atoms with Gasteiger partial charge in [-0.05, 0) is 23.9 Å². The molecule has 0 unspecified atom stereocenters. The highest BCUT2D eigenvalue weighted by Gasteiger charge is 2.13. The molecule has 0 spiro atoms. The molecule has 80 valence electrons. The fourth-order valence-corrected chi connectivity index (χ4v) is 2.69. The van der Waals surface area contributed by atoms with Crippen LogP contribution in [0.3, 0.4) is 0 Å². The maximum Gasteiger partial charge on any atom is 0.180 e. The normalized spacial score (nSPS) is 11.1. The Kier molecular flexibility index (Phi) is 2.15. The standard InChI is InChI=1S/C10H7ClN4S/c1-6-2-3-16-9(6)10-14-13-8-5-12-4-7(11)15(8)10/h2-5H,1H3. The van der Waals surface area contributed by atoms with Crippen LogP contribution in [0.15, 0.2) is 23.8 Å². The second-order valence-electron chi connectivity index (χ2n) is 3.38. The zero-order valence-corrected chi connectivity index (χ0v) is 9.96. The van der Waals surface area contributed by atoms with Crippen molar-refractivity contribution in [3.05, 3.63) is 34.6 Å². The molecule has 3 rings (SSSR count). The molecular formula is C10H7ClN4S. The highest BCUT2D eigenvalue weighted by atomic mass is 35.5. The lowest BCUT2D eigenvalue weighted by atomic mass is 10.3. The topological polar surface area (TPSA) is 43.1 Å². The first kappa shape index (κ1) is 9.74. The quantitative estimate of drug-likeness (QED) is 0.667. The monoisotopic (exact) mass is 250 g/mol. The van der Waals surface area contributed by atoms with Crippen LogP contribution in [0.25, 0.3) is 16.3 Å². The summed E-state index contributed by atoms with van der Waals surface area (Å²) in [4.78, 5) is 5.06. The predicted molar refractivity (Wildman–Crippen MR) is 63.8 cm³/mol. The van der Waals surface area contributed by atoms with Crippen molar-refractivity contribution in [3.63, 3.8) is 0 Å². The van der Waals surface area contributed by atoms with Gasteiger partial charge in [-0.3, -0.25) is 9.38 Å². The molecule has 0 aliphatic carbocycles. The van der Waals surface area contributed by atoms with Crippen LogP contribution in [0.2, 0.25) is 5.15 Å². The largest absolute Gasteiger partial charge is 0.262 e. The average molecular weight is 251 g/mol. The van der Waals surface area contributed by atoms with Crippen LogP contribution < -0.4 is 0 Å². The Bertz CT molecular complexity index is 658. The Morgan fingerprint density at radius 2 is 2.19 bits per heavy atom. The van der Waals surface area contributed by atoms with Crippen molar-refractivity contribution in [2.45, 2.75) is 6.92 Å². The molecule has 3 aromatic heterocycles. The van der Waals surface area contributed by atoms with Crippen molar-refractivity contribution in [2.75, 3.05) is 0 Å². The first-order valence-electron chi connectivity index (χ1n) is 4.66. The number of thiophene rings is 1. The van der Waals surface area contributed by atoms with Crippen LogP contribution in [0.5, 0.6) is 0 Å². The highest BCUT2D eigenvalue weighted by Crippen LogP contribution is 2.29. The maximum absolute atomic E-state index is 6.10. The van der Waals surface area contributed by atoms with E-state index in [0.717, 1.165) is 10.7 Å². The Balaban J connectivity index is 2.37. The second-order valence-corrected chi connectivity index (χ2v) is 4.68. The van der Waals surface area contributed by atoms with E-state index in [1.54, 1.807) is 28.1 Å². The lowest BCUT2D eigenvalue weighted by molar-refractivity contribution is 1.11. The summed E-state index contributed by atoms with van der Waals surface area (Å²) in [5, 5.41) is 10.8. The Hall–Kier alpha value is -1.46. The van der Waals surface area contributed by atoms with Gasteiger partial charge in [0.1, 0.15) is 5.15 Å². The third-order valence-corrected chi connectivity index (χ3v) is 3.62. The minimum Gasteiger partial charge on any atom is -0.262 e. The van der Waals surface area contributed by atoms with E-state index in [0.29, 0.717) is 10.8 Å². The Morgan fingerprint density at radius 1 is 1.31 bits per heavy atom. The van der Waals surface area contributed by atoms with Crippen molar-refractivity contribution in [1.29, 1.82) is 0 Å². The number of aromatic nitrogens is 4. The van der Waals surface area contributed by atoms with Crippen molar-refractivity contribution < 1.29 is 0 Å². The molecule has 0 atom stereocenters. The average Bonchev–Trinajstić information content (AvgIpc) is 2.84. The molecule has 0 radical (unpaired) electrons. The van der Waals surface area contributed by atoms with Crippen molar-refractivity contribution in [2.24, 2.45) is 0 Å². The van der Waals surface area contributed by atoms with Crippen LogP contribution in [0.1, 0.15) is 5.56 Å². The van der Waals surface area contributed by atoms with Gasteiger partial charge in [0, 0.05) is 0 Å². The van der Waals surface area contributed by atoms with Crippen LogP contribution in [0.4, 0.5) is 0 Å². The predicted octanol–water partition coefficient (Wildman–Crippen LogP) is 2.81. The number of fused-ring (bicyclic) bond motifs is 1. The minimum absolute atomic E-state index is 0.519. The van der Waals surface area contributed by atoms with Crippen LogP contribution in [0, 0.1) is 6.92 Å². The SMILES string of the molecule is Cc1ccsc1-c1nnc2cncc(Cl)n12. The van der Waals surface area contributed by atoms with Crippen LogP contribution in [-0.2, 0) is 0 Å². The molecule has 3 aromatic rings. The minimum atomic E-state index is 0.519.